The average molecular weight is 449 g/mol. The van der Waals surface area contributed by atoms with E-state index in [1.54, 1.807) is 43.5 Å². The second-order valence-electron chi connectivity index (χ2n) is 6.16. The molecule has 11 heteroatoms. The average Bonchev–Trinajstić information content (AvgIpc) is 3.21. The van der Waals surface area contributed by atoms with Gasteiger partial charge in [0.05, 0.1) is 17.8 Å². The Morgan fingerprint density at radius 1 is 1.20 bits per heavy atom. The quantitative estimate of drug-likeness (QED) is 0.502. The van der Waals surface area contributed by atoms with Crippen LogP contribution in [0, 0.1) is 0 Å². The van der Waals surface area contributed by atoms with Crippen LogP contribution in [-0.4, -0.2) is 37.4 Å². The van der Waals surface area contributed by atoms with Gasteiger partial charge in [0.2, 0.25) is 21.8 Å². The molecule has 158 valence electrons. The van der Waals surface area contributed by atoms with Gasteiger partial charge in [-0.05, 0) is 48.4 Å². The van der Waals surface area contributed by atoms with Gasteiger partial charge >= 0.3 is 0 Å². The third-order valence-electron chi connectivity index (χ3n) is 4.11. The number of anilines is 1. The highest BCUT2D eigenvalue weighted by molar-refractivity contribution is 7.99. The summed E-state index contributed by atoms with van der Waals surface area (Å²) in [6.45, 7) is 1.82. The van der Waals surface area contributed by atoms with Crippen molar-refractivity contribution in [3.63, 3.8) is 0 Å². The zero-order valence-electron chi connectivity index (χ0n) is 16.3. The number of nitrogens with zero attached hydrogens (tertiary/aromatic N) is 2. The SMILES string of the molecule is CCc1ccc(NC(=O)CSc2nnc(-c3ccc(OC)cc3)o2)cc1S(N)(=O)=O. The molecule has 1 amide bonds. The molecule has 3 rings (SSSR count). The summed E-state index contributed by atoms with van der Waals surface area (Å²) in [4.78, 5) is 12.2. The van der Waals surface area contributed by atoms with Crippen LogP contribution in [-0.2, 0) is 21.2 Å². The van der Waals surface area contributed by atoms with E-state index in [-0.39, 0.29) is 21.8 Å². The van der Waals surface area contributed by atoms with E-state index < -0.39 is 10.0 Å². The lowest BCUT2D eigenvalue weighted by atomic mass is 10.1. The highest BCUT2D eigenvalue weighted by atomic mass is 32.2. The van der Waals surface area contributed by atoms with Gasteiger partial charge in [0.1, 0.15) is 5.75 Å². The Bertz CT molecular complexity index is 1140. The van der Waals surface area contributed by atoms with Crippen molar-refractivity contribution in [2.45, 2.75) is 23.5 Å². The molecule has 0 atom stereocenters. The van der Waals surface area contributed by atoms with Crippen molar-refractivity contribution in [3.8, 4) is 17.2 Å². The summed E-state index contributed by atoms with van der Waals surface area (Å²) in [5, 5.41) is 16.0. The standard InChI is InChI=1S/C19H20N4O5S2/c1-3-12-4-7-14(10-16(12)30(20,25)26)21-17(24)11-29-19-23-22-18(28-19)13-5-8-15(27-2)9-6-13/h4-10H,3,11H2,1-2H3,(H,21,24)(H2,20,25,26). The number of carbonyl (C=O) groups is 1. The van der Waals surface area contributed by atoms with E-state index in [0.29, 0.717) is 29.3 Å². The Morgan fingerprint density at radius 3 is 2.57 bits per heavy atom. The van der Waals surface area contributed by atoms with Crippen molar-refractivity contribution < 1.29 is 22.4 Å². The summed E-state index contributed by atoms with van der Waals surface area (Å²) in [6.07, 6.45) is 0.504. The number of aryl methyl sites for hydroxylation is 1. The Balaban J connectivity index is 1.62. The second-order valence-corrected chi connectivity index (χ2v) is 8.62. The van der Waals surface area contributed by atoms with E-state index in [1.807, 2.05) is 6.92 Å². The van der Waals surface area contributed by atoms with E-state index in [2.05, 4.69) is 15.5 Å². The normalized spacial score (nSPS) is 11.3. The number of benzene rings is 2. The van der Waals surface area contributed by atoms with Crippen LogP contribution in [0.2, 0.25) is 0 Å². The number of thioether (sulfide) groups is 1. The predicted molar refractivity (Wildman–Crippen MR) is 113 cm³/mol. The molecule has 1 heterocycles. The second kappa shape index (κ2) is 9.28. The summed E-state index contributed by atoms with van der Waals surface area (Å²) < 4.78 is 34.2. The number of methoxy groups -OCH3 is 1. The molecule has 0 aliphatic heterocycles. The summed E-state index contributed by atoms with van der Waals surface area (Å²) in [6, 6.07) is 11.7. The third-order valence-corrected chi connectivity index (χ3v) is 5.92. The van der Waals surface area contributed by atoms with Crippen LogP contribution in [0.25, 0.3) is 11.5 Å². The molecule has 3 N–H and O–H groups in total. The smallest absolute Gasteiger partial charge is 0.277 e. The van der Waals surface area contributed by atoms with Gasteiger partial charge in [-0.2, -0.15) is 0 Å². The monoisotopic (exact) mass is 448 g/mol. The molecule has 9 nitrogen and oxygen atoms in total. The summed E-state index contributed by atoms with van der Waals surface area (Å²) in [5.74, 6) is 0.689. The summed E-state index contributed by atoms with van der Waals surface area (Å²) in [5.41, 5.74) is 1.65. The third kappa shape index (κ3) is 5.38. The number of nitrogens with one attached hydrogen (secondary N) is 1. The summed E-state index contributed by atoms with van der Waals surface area (Å²) in [7, 11) is -2.31. The highest BCUT2D eigenvalue weighted by Crippen LogP contribution is 2.25. The number of sulfonamides is 1. The first kappa shape index (κ1) is 21.8. The first-order chi connectivity index (χ1) is 14.3. The Hall–Kier alpha value is -2.89. The lowest BCUT2D eigenvalue weighted by Gasteiger charge is -2.09. The van der Waals surface area contributed by atoms with Crippen LogP contribution in [0.5, 0.6) is 5.75 Å². The first-order valence-corrected chi connectivity index (χ1v) is 11.4. The fourth-order valence-electron chi connectivity index (χ4n) is 2.63. The minimum absolute atomic E-state index is 0.00325. The van der Waals surface area contributed by atoms with Crippen LogP contribution in [0.4, 0.5) is 5.69 Å². The number of aromatic nitrogens is 2. The molecule has 0 radical (unpaired) electrons. The molecule has 1 aromatic heterocycles. The molecule has 30 heavy (non-hydrogen) atoms. The minimum Gasteiger partial charge on any atom is -0.497 e. The lowest BCUT2D eigenvalue weighted by molar-refractivity contribution is -0.113. The Morgan fingerprint density at radius 2 is 1.93 bits per heavy atom. The van der Waals surface area contributed by atoms with Crippen LogP contribution in [0.3, 0.4) is 0 Å². The van der Waals surface area contributed by atoms with Gasteiger partial charge in [0, 0.05) is 11.3 Å². The fraction of sp³-hybridized carbons (Fsp3) is 0.211. The van der Waals surface area contributed by atoms with Gasteiger partial charge in [-0.15, -0.1) is 10.2 Å². The largest absolute Gasteiger partial charge is 0.497 e. The Kier molecular flexibility index (Phi) is 6.75. The number of hydrogen-bond acceptors (Lipinski definition) is 8. The number of primary sulfonamides is 1. The summed E-state index contributed by atoms with van der Waals surface area (Å²) >= 11 is 1.07. The van der Waals surface area contributed by atoms with Gasteiger partial charge in [-0.25, -0.2) is 13.6 Å². The van der Waals surface area contributed by atoms with Crippen LogP contribution in [0.1, 0.15) is 12.5 Å². The molecular weight excluding hydrogens is 428 g/mol. The van der Waals surface area contributed by atoms with E-state index in [0.717, 1.165) is 17.3 Å². The Labute approximate surface area is 178 Å². The van der Waals surface area contributed by atoms with Crippen LogP contribution < -0.4 is 15.2 Å². The van der Waals surface area contributed by atoms with E-state index >= 15 is 0 Å². The minimum atomic E-state index is -3.88. The van der Waals surface area contributed by atoms with Gasteiger partial charge in [0.15, 0.2) is 0 Å². The van der Waals surface area contributed by atoms with Crippen molar-refractivity contribution >= 4 is 33.4 Å². The molecule has 3 aromatic rings. The topological polar surface area (TPSA) is 137 Å². The maximum absolute atomic E-state index is 12.2. The number of ether oxygens (including phenoxy) is 1. The number of nitrogens with two attached hydrogens (primary N) is 1. The van der Waals surface area contributed by atoms with Crippen LogP contribution >= 0.6 is 11.8 Å². The number of carbonyl (C=O) groups excluding carboxylic acids is 1. The zero-order chi connectivity index (χ0) is 21.7. The van der Waals surface area contributed by atoms with E-state index in [1.165, 1.54) is 6.07 Å². The van der Waals surface area contributed by atoms with Crippen molar-refractivity contribution in [1.29, 1.82) is 0 Å². The molecule has 0 bridgehead atoms. The molecule has 0 aliphatic carbocycles. The molecule has 0 saturated carbocycles. The maximum Gasteiger partial charge on any atom is 0.277 e. The maximum atomic E-state index is 12.2. The highest BCUT2D eigenvalue weighted by Gasteiger charge is 2.16. The molecule has 2 aromatic carbocycles. The van der Waals surface area contributed by atoms with Crippen molar-refractivity contribution in [3.05, 3.63) is 48.0 Å². The number of hydrogen-bond donors (Lipinski definition) is 2. The predicted octanol–water partition coefficient (Wildman–Crippen LogP) is 2.69. The van der Waals surface area contributed by atoms with Gasteiger partial charge in [-0.3, -0.25) is 4.79 Å². The van der Waals surface area contributed by atoms with Crippen molar-refractivity contribution in [2.75, 3.05) is 18.2 Å². The number of rotatable bonds is 8. The molecule has 0 fully saturated rings. The molecular formula is C19H20N4O5S2. The molecule has 0 spiro atoms. The molecule has 0 aliphatic rings. The molecule has 0 saturated heterocycles. The number of amides is 1. The lowest BCUT2D eigenvalue weighted by Crippen LogP contribution is -2.17. The first-order valence-electron chi connectivity index (χ1n) is 8.86. The van der Waals surface area contributed by atoms with Crippen LogP contribution in [0.15, 0.2) is 57.0 Å². The van der Waals surface area contributed by atoms with Crippen molar-refractivity contribution in [2.24, 2.45) is 5.14 Å². The van der Waals surface area contributed by atoms with Gasteiger partial charge in [0.25, 0.3) is 5.22 Å². The van der Waals surface area contributed by atoms with Gasteiger partial charge < -0.3 is 14.5 Å². The zero-order valence-corrected chi connectivity index (χ0v) is 17.9. The van der Waals surface area contributed by atoms with Gasteiger partial charge in [-0.1, -0.05) is 24.8 Å². The van der Waals surface area contributed by atoms with E-state index in [9.17, 15) is 13.2 Å². The van der Waals surface area contributed by atoms with E-state index in [4.69, 9.17) is 14.3 Å². The fourth-order valence-corrected chi connectivity index (χ4v) is 4.06. The van der Waals surface area contributed by atoms with Crippen molar-refractivity contribution in [1.82, 2.24) is 10.2 Å². The molecule has 0 unspecified atom stereocenters.